The Morgan fingerprint density at radius 1 is 1.35 bits per heavy atom. The van der Waals surface area contributed by atoms with Gasteiger partial charge in [-0.1, -0.05) is 12.1 Å². The van der Waals surface area contributed by atoms with Crippen LogP contribution < -0.4 is 10.2 Å². The van der Waals surface area contributed by atoms with E-state index in [4.69, 9.17) is 0 Å². The second-order valence-corrected chi connectivity index (χ2v) is 5.64. The largest absolute Gasteiger partial charge is 0.389 e. The van der Waals surface area contributed by atoms with E-state index >= 15 is 0 Å². The highest BCUT2D eigenvalue weighted by atomic mass is 16.3. The molecular formula is C16H24N2O2. The van der Waals surface area contributed by atoms with Gasteiger partial charge < -0.3 is 15.3 Å². The van der Waals surface area contributed by atoms with E-state index in [0.717, 1.165) is 38.0 Å². The van der Waals surface area contributed by atoms with E-state index in [9.17, 15) is 9.90 Å². The van der Waals surface area contributed by atoms with Gasteiger partial charge in [0.25, 0.3) is 0 Å². The van der Waals surface area contributed by atoms with Crippen molar-refractivity contribution in [2.45, 2.75) is 32.8 Å². The van der Waals surface area contributed by atoms with Crippen LogP contribution >= 0.6 is 0 Å². The second-order valence-electron chi connectivity index (χ2n) is 5.64. The van der Waals surface area contributed by atoms with Crippen molar-refractivity contribution < 1.29 is 9.90 Å². The fraction of sp³-hybridized carbons (Fsp3) is 0.562. The summed E-state index contributed by atoms with van der Waals surface area (Å²) in [6, 6.07) is 8.14. The van der Waals surface area contributed by atoms with Gasteiger partial charge in [0.1, 0.15) is 0 Å². The molecule has 2 N–H and O–H groups in total. The van der Waals surface area contributed by atoms with Crippen LogP contribution in [0.4, 0.5) is 5.69 Å². The van der Waals surface area contributed by atoms with Crippen molar-refractivity contribution >= 4 is 11.6 Å². The molecule has 1 aromatic carbocycles. The number of benzene rings is 1. The predicted octanol–water partition coefficient (Wildman–Crippen LogP) is 2.09. The molecule has 0 spiro atoms. The molecular weight excluding hydrogens is 252 g/mol. The number of aliphatic hydroxyl groups excluding tert-OH is 1. The van der Waals surface area contributed by atoms with Crippen LogP contribution in [0.1, 0.15) is 38.4 Å². The van der Waals surface area contributed by atoms with Gasteiger partial charge in [-0.25, -0.2) is 0 Å². The summed E-state index contributed by atoms with van der Waals surface area (Å²) >= 11 is 0. The zero-order chi connectivity index (χ0) is 14.5. The normalized spacial score (nSPS) is 17.9. The van der Waals surface area contributed by atoms with Crippen LogP contribution in [-0.2, 0) is 4.79 Å². The quantitative estimate of drug-likeness (QED) is 0.885. The van der Waals surface area contributed by atoms with Gasteiger partial charge in [0.15, 0.2) is 0 Å². The molecule has 1 atom stereocenters. The molecule has 20 heavy (non-hydrogen) atoms. The molecule has 2 rings (SSSR count). The molecule has 0 radical (unpaired) electrons. The van der Waals surface area contributed by atoms with Crippen molar-refractivity contribution in [3.63, 3.8) is 0 Å². The molecule has 1 heterocycles. The highest BCUT2D eigenvalue weighted by Gasteiger charge is 2.19. The van der Waals surface area contributed by atoms with Gasteiger partial charge in [-0.15, -0.1) is 0 Å². The molecule has 1 amide bonds. The van der Waals surface area contributed by atoms with Gasteiger partial charge in [-0.2, -0.15) is 0 Å². The maximum Gasteiger partial charge on any atom is 0.216 e. The summed E-state index contributed by atoms with van der Waals surface area (Å²) in [5, 5.41) is 12.4. The maximum absolute atomic E-state index is 10.9. The van der Waals surface area contributed by atoms with Gasteiger partial charge in [-0.3, -0.25) is 4.79 Å². The number of hydrogen-bond donors (Lipinski definition) is 2. The van der Waals surface area contributed by atoms with E-state index in [-0.39, 0.29) is 5.91 Å². The Morgan fingerprint density at radius 2 is 1.95 bits per heavy atom. The molecule has 0 aromatic heterocycles. The SMILES string of the molecule is CC(=O)NCC1CCN(c2ccc(C(C)O)cc2)CC1. The molecule has 1 aliphatic heterocycles. The van der Waals surface area contributed by atoms with Gasteiger partial charge in [0.05, 0.1) is 6.10 Å². The number of piperidine rings is 1. The number of nitrogens with one attached hydrogen (secondary N) is 1. The average Bonchev–Trinajstić information content (AvgIpc) is 2.46. The minimum atomic E-state index is -0.410. The number of nitrogens with zero attached hydrogens (tertiary/aromatic N) is 1. The van der Waals surface area contributed by atoms with Gasteiger partial charge in [-0.05, 0) is 43.4 Å². The van der Waals surface area contributed by atoms with Crippen LogP contribution in [0, 0.1) is 5.92 Å². The molecule has 110 valence electrons. The van der Waals surface area contributed by atoms with Crippen LogP contribution in [-0.4, -0.2) is 30.6 Å². The Bertz CT molecular complexity index is 434. The van der Waals surface area contributed by atoms with E-state index in [1.54, 1.807) is 13.8 Å². The molecule has 1 fully saturated rings. The van der Waals surface area contributed by atoms with Crippen LogP contribution in [0.2, 0.25) is 0 Å². The van der Waals surface area contributed by atoms with E-state index in [1.165, 1.54) is 5.69 Å². The predicted molar refractivity (Wildman–Crippen MR) is 80.7 cm³/mol. The van der Waals surface area contributed by atoms with Crippen molar-refractivity contribution in [3.8, 4) is 0 Å². The smallest absolute Gasteiger partial charge is 0.216 e. The van der Waals surface area contributed by atoms with Gasteiger partial charge in [0, 0.05) is 32.2 Å². The van der Waals surface area contributed by atoms with Crippen LogP contribution in [0.15, 0.2) is 24.3 Å². The lowest BCUT2D eigenvalue weighted by atomic mass is 9.96. The third-order valence-electron chi connectivity index (χ3n) is 3.99. The van der Waals surface area contributed by atoms with Crippen molar-refractivity contribution in [2.24, 2.45) is 5.92 Å². The molecule has 4 heteroatoms. The second kappa shape index (κ2) is 6.75. The first-order chi connectivity index (χ1) is 9.56. The Balaban J connectivity index is 1.85. The number of amides is 1. The Hall–Kier alpha value is -1.55. The van der Waals surface area contributed by atoms with Crippen molar-refractivity contribution in [2.75, 3.05) is 24.5 Å². The number of anilines is 1. The number of hydrogen-bond acceptors (Lipinski definition) is 3. The summed E-state index contributed by atoms with van der Waals surface area (Å²) in [5.74, 6) is 0.646. The summed E-state index contributed by atoms with van der Waals surface area (Å²) in [7, 11) is 0. The first-order valence-corrected chi connectivity index (χ1v) is 7.33. The van der Waals surface area contributed by atoms with Crippen molar-refractivity contribution in [3.05, 3.63) is 29.8 Å². The van der Waals surface area contributed by atoms with E-state index in [1.807, 2.05) is 12.1 Å². The minimum Gasteiger partial charge on any atom is -0.389 e. The third-order valence-corrected chi connectivity index (χ3v) is 3.99. The first-order valence-electron chi connectivity index (χ1n) is 7.33. The highest BCUT2D eigenvalue weighted by Crippen LogP contribution is 2.24. The maximum atomic E-state index is 10.9. The lowest BCUT2D eigenvalue weighted by molar-refractivity contribution is -0.119. The Labute approximate surface area is 120 Å². The van der Waals surface area contributed by atoms with E-state index < -0.39 is 6.10 Å². The minimum absolute atomic E-state index is 0.0566. The zero-order valence-electron chi connectivity index (χ0n) is 12.3. The Morgan fingerprint density at radius 3 is 2.45 bits per heavy atom. The van der Waals surface area contributed by atoms with E-state index in [2.05, 4.69) is 22.3 Å². The standard InChI is InChI=1S/C16H24N2O2/c1-12(19)15-3-5-16(6-4-15)18-9-7-14(8-10-18)11-17-13(2)20/h3-6,12,14,19H,7-11H2,1-2H3,(H,17,20). The third kappa shape index (κ3) is 3.97. The lowest BCUT2D eigenvalue weighted by Crippen LogP contribution is -2.38. The topological polar surface area (TPSA) is 52.6 Å². The summed E-state index contributed by atoms with van der Waals surface area (Å²) in [6.45, 7) is 6.20. The summed E-state index contributed by atoms with van der Waals surface area (Å²) < 4.78 is 0. The summed E-state index contributed by atoms with van der Waals surface area (Å²) in [6.07, 6.45) is 1.81. The Kier molecular flexibility index (Phi) is 5.01. The lowest BCUT2D eigenvalue weighted by Gasteiger charge is -2.33. The van der Waals surface area contributed by atoms with Crippen LogP contribution in [0.25, 0.3) is 0 Å². The number of carbonyl (C=O) groups excluding carboxylic acids is 1. The monoisotopic (exact) mass is 276 g/mol. The molecule has 1 unspecified atom stereocenters. The zero-order valence-corrected chi connectivity index (χ0v) is 12.3. The molecule has 0 bridgehead atoms. The van der Waals surface area contributed by atoms with E-state index in [0.29, 0.717) is 5.92 Å². The number of rotatable bonds is 4. The summed E-state index contributed by atoms with van der Waals surface area (Å²) in [5.41, 5.74) is 2.17. The highest BCUT2D eigenvalue weighted by molar-refractivity contribution is 5.72. The molecule has 1 aliphatic rings. The molecule has 1 aromatic rings. The van der Waals surface area contributed by atoms with Gasteiger partial charge >= 0.3 is 0 Å². The molecule has 4 nitrogen and oxygen atoms in total. The first kappa shape index (κ1) is 14.9. The number of carbonyl (C=O) groups is 1. The molecule has 1 saturated heterocycles. The average molecular weight is 276 g/mol. The molecule has 0 saturated carbocycles. The van der Waals surface area contributed by atoms with Gasteiger partial charge in [0.2, 0.25) is 5.91 Å². The van der Waals surface area contributed by atoms with Crippen molar-refractivity contribution in [1.82, 2.24) is 5.32 Å². The summed E-state index contributed by atoms with van der Waals surface area (Å²) in [4.78, 5) is 13.3. The number of aliphatic hydroxyl groups is 1. The fourth-order valence-electron chi connectivity index (χ4n) is 2.65. The molecule has 0 aliphatic carbocycles. The fourth-order valence-corrected chi connectivity index (χ4v) is 2.65. The van der Waals surface area contributed by atoms with Crippen LogP contribution in [0.3, 0.4) is 0 Å². The van der Waals surface area contributed by atoms with Crippen molar-refractivity contribution in [1.29, 1.82) is 0 Å². The van der Waals surface area contributed by atoms with Crippen LogP contribution in [0.5, 0.6) is 0 Å².